The van der Waals surface area contributed by atoms with E-state index in [4.69, 9.17) is 9.47 Å². The molecule has 11 nitrogen and oxygen atoms in total. The molecule has 0 saturated carbocycles. The summed E-state index contributed by atoms with van der Waals surface area (Å²) < 4.78 is 10.9. The maximum atomic E-state index is 12.5. The number of carbonyl (C=O) groups excluding carboxylic acids is 3. The van der Waals surface area contributed by atoms with E-state index < -0.39 is 12.2 Å². The standard InChI is InChI=1S/C24H30N6O5/c1-18(31)25-14-21-15-29(24(33)35-21)20-7-8-22(26-13-20)28-10-9-27-30(12-11-28)23(32)17-34-16-19-5-3-2-4-6-19/h2-8,13,21,27H,9-12,14-17H2,1H3,(H,25,31)/t21-/m0/s1. The van der Waals surface area contributed by atoms with E-state index >= 15 is 0 Å². The molecule has 2 aliphatic heterocycles. The van der Waals surface area contributed by atoms with Crippen LogP contribution in [0.15, 0.2) is 48.7 Å². The molecule has 35 heavy (non-hydrogen) atoms. The summed E-state index contributed by atoms with van der Waals surface area (Å²) in [4.78, 5) is 44.0. The molecular weight excluding hydrogens is 452 g/mol. The van der Waals surface area contributed by atoms with Gasteiger partial charge in [0.05, 0.1) is 38.1 Å². The number of hydrogen-bond donors (Lipinski definition) is 2. The van der Waals surface area contributed by atoms with E-state index in [1.54, 1.807) is 11.2 Å². The van der Waals surface area contributed by atoms with E-state index in [2.05, 4.69) is 20.6 Å². The van der Waals surface area contributed by atoms with Crippen LogP contribution in [0, 0.1) is 0 Å². The van der Waals surface area contributed by atoms with Crippen LogP contribution in [-0.4, -0.2) is 79.9 Å². The van der Waals surface area contributed by atoms with Crippen LogP contribution in [0.25, 0.3) is 0 Å². The van der Waals surface area contributed by atoms with E-state index in [1.807, 2.05) is 42.5 Å². The number of nitrogens with zero attached hydrogens (tertiary/aromatic N) is 4. The first-order valence-corrected chi connectivity index (χ1v) is 11.6. The molecule has 3 amide bonds. The highest BCUT2D eigenvalue weighted by molar-refractivity contribution is 5.89. The minimum absolute atomic E-state index is 0.00368. The zero-order valence-corrected chi connectivity index (χ0v) is 19.7. The van der Waals surface area contributed by atoms with Gasteiger partial charge < -0.3 is 19.7 Å². The molecule has 1 aromatic carbocycles. The van der Waals surface area contributed by atoms with E-state index in [9.17, 15) is 14.4 Å². The van der Waals surface area contributed by atoms with Crippen molar-refractivity contribution in [1.29, 1.82) is 0 Å². The molecule has 3 heterocycles. The van der Waals surface area contributed by atoms with Crippen molar-refractivity contribution in [2.45, 2.75) is 19.6 Å². The summed E-state index contributed by atoms with van der Waals surface area (Å²) in [6.07, 6.45) is 0.774. The van der Waals surface area contributed by atoms with Crippen LogP contribution >= 0.6 is 0 Å². The Hall–Kier alpha value is -3.70. The first kappa shape index (κ1) is 24.4. The molecule has 2 N–H and O–H groups in total. The third-order valence-corrected chi connectivity index (χ3v) is 5.74. The normalized spacial score (nSPS) is 18.3. The molecule has 2 aliphatic rings. The largest absolute Gasteiger partial charge is 0.442 e. The molecule has 0 spiro atoms. The lowest BCUT2D eigenvalue weighted by atomic mass is 10.2. The minimum atomic E-state index is -0.461. The van der Waals surface area contributed by atoms with Crippen LogP contribution in [0.3, 0.4) is 0 Å². The van der Waals surface area contributed by atoms with Crippen molar-refractivity contribution in [3.63, 3.8) is 0 Å². The molecule has 11 heteroatoms. The van der Waals surface area contributed by atoms with Crippen LogP contribution in [0.2, 0.25) is 0 Å². The van der Waals surface area contributed by atoms with Crippen LogP contribution in [0.5, 0.6) is 0 Å². The Morgan fingerprint density at radius 3 is 2.74 bits per heavy atom. The zero-order valence-electron chi connectivity index (χ0n) is 19.7. The summed E-state index contributed by atoms with van der Waals surface area (Å²) in [6.45, 7) is 4.78. The quantitative estimate of drug-likeness (QED) is 0.571. The average Bonchev–Trinajstić information content (AvgIpc) is 3.07. The van der Waals surface area contributed by atoms with Gasteiger partial charge >= 0.3 is 6.09 Å². The van der Waals surface area contributed by atoms with Crippen molar-refractivity contribution in [2.75, 3.05) is 55.7 Å². The Balaban J connectivity index is 1.26. The van der Waals surface area contributed by atoms with Crippen molar-refractivity contribution in [3.8, 4) is 0 Å². The van der Waals surface area contributed by atoms with Crippen molar-refractivity contribution >= 4 is 29.4 Å². The number of hydrazine groups is 1. The third-order valence-electron chi connectivity index (χ3n) is 5.74. The summed E-state index contributed by atoms with van der Waals surface area (Å²) in [6, 6.07) is 13.4. The molecule has 186 valence electrons. The third kappa shape index (κ3) is 6.67. The molecule has 0 unspecified atom stereocenters. The van der Waals surface area contributed by atoms with Gasteiger partial charge in [-0.3, -0.25) is 19.5 Å². The number of amides is 3. The Morgan fingerprint density at radius 2 is 2.00 bits per heavy atom. The molecule has 0 aliphatic carbocycles. The Labute approximate surface area is 204 Å². The van der Waals surface area contributed by atoms with Crippen molar-refractivity contribution in [1.82, 2.24) is 20.7 Å². The fourth-order valence-electron chi connectivity index (χ4n) is 3.90. The lowest BCUT2D eigenvalue weighted by Gasteiger charge is -2.23. The monoisotopic (exact) mass is 482 g/mol. The van der Waals surface area contributed by atoms with Gasteiger partial charge in [0.15, 0.2) is 0 Å². The molecule has 1 aromatic heterocycles. The van der Waals surface area contributed by atoms with Crippen molar-refractivity contribution in [3.05, 3.63) is 54.2 Å². The molecule has 1 atom stereocenters. The second kappa shape index (κ2) is 11.6. The first-order valence-electron chi connectivity index (χ1n) is 11.6. The summed E-state index contributed by atoms with van der Waals surface area (Å²) in [7, 11) is 0. The van der Waals surface area contributed by atoms with Crippen LogP contribution in [-0.2, 0) is 25.7 Å². The molecular formula is C24H30N6O5. The van der Waals surface area contributed by atoms with Gasteiger partial charge in [0.2, 0.25) is 5.91 Å². The van der Waals surface area contributed by atoms with Gasteiger partial charge in [0.25, 0.3) is 5.91 Å². The number of rotatable bonds is 8. The van der Waals surface area contributed by atoms with Crippen molar-refractivity contribution < 1.29 is 23.9 Å². The predicted octanol–water partition coefficient (Wildman–Crippen LogP) is 0.913. The Morgan fingerprint density at radius 1 is 1.17 bits per heavy atom. The Kier molecular flexibility index (Phi) is 8.11. The SMILES string of the molecule is CC(=O)NC[C@H]1CN(c2ccc(N3CCNN(C(=O)COCc4ccccc4)CC3)nc2)C(=O)O1. The highest BCUT2D eigenvalue weighted by Crippen LogP contribution is 2.23. The van der Waals surface area contributed by atoms with Gasteiger partial charge in [-0.05, 0) is 17.7 Å². The van der Waals surface area contributed by atoms with Crippen molar-refractivity contribution in [2.24, 2.45) is 0 Å². The molecule has 0 radical (unpaired) electrons. The Bertz CT molecular complexity index is 1020. The topological polar surface area (TPSA) is 116 Å². The van der Waals surface area contributed by atoms with Crippen LogP contribution < -0.4 is 20.5 Å². The van der Waals surface area contributed by atoms with Crippen LogP contribution in [0.1, 0.15) is 12.5 Å². The van der Waals surface area contributed by atoms with E-state index in [-0.39, 0.29) is 25.0 Å². The highest BCUT2D eigenvalue weighted by atomic mass is 16.6. The molecule has 2 fully saturated rings. The van der Waals surface area contributed by atoms with Crippen LogP contribution in [0.4, 0.5) is 16.3 Å². The number of anilines is 2. The second-order valence-corrected chi connectivity index (χ2v) is 8.35. The maximum absolute atomic E-state index is 12.5. The van der Waals surface area contributed by atoms with Gasteiger partial charge in [-0.25, -0.2) is 15.2 Å². The lowest BCUT2D eigenvalue weighted by Crippen LogP contribution is -2.45. The summed E-state index contributed by atoms with van der Waals surface area (Å²) in [5.74, 6) is 0.470. The number of nitrogens with one attached hydrogen (secondary N) is 2. The number of pyridine rings is 1. The minimum Gasteiger partial charge on any atom is -0.442 e. The fourth-order valence-corrected chi connectivity index (χ4v) is 3.90. The number of benzene rings is 1. The maximum Gasteiger partial charge on any atom is 0.414 e. The summed E-state index contributed by atoms with van der Waals surface area (Å²) in [5.41, 5.74) is 4.80. The number of aromatic nitrogens is 1. The van der Waals surface area contributed by atoms with Gasteiger partial charge in [-0.15, -0.1) is 0 Å². The average molecular weight is 483 g/mol. The van der Waals surface area contributed by atoms with E-state index in [1.165, 1.54) is 11.8 Å². The van der Waals surface area contributed by atoms with Gasteiger partial charge in [-0.1, -0.05) is 30.3 Å². The first-order chi connectivity index (χ1) is 17.0. The highest BCUT2D eigenvalue weighted by Gasteiger charge is 2.32. The molecule has 2 saturated heterocycles. The molecule has 0 bridgehead atoms. The lowest BCUT2D eigenvalue weighted by molar-refractivity contribution is -0.139. The number of ether oxygens (including phenoxy) is 2. The predicted molar refractivity (Wildman–Crippen MR) is 129 cm³/mol. The number of hydrogen-bond acceptors (Lipinski definition) is 8. The number of cyclic esters (lactones) is 1. The van der Waals surface area contributed by atoms with Gasteiger partial charge in [0, 0.05) is 26.6 Å². The fraction of sp³-hybridized carbons (Fsp3) is 0.417. The molecule has 2 aromatic rings. The summed E-state index contributed by atoms with van der Waals surface area (Å²) >= 11 is 0. The molecule has 4 rings (SSSR count). The van der Waals surface area contributed by atoms with E-state index in [0.717, 1.165) is 11.4 Å². The number of carbonyl (C=O) groups is 3. The van der Waals surface area contributed by atoms with E-state index in [0.29, 0.717) is 45.0 Å². The van der Waals surface area contributed by atoms with Gasteiger partial charge in [0.1, 0.15) is 18.5 Å². The second-order valence-electron chi connectivity index (χ2n) is 8.35. The smallest absolute Gasteiger partial charge is 0.414 e. The zero-order chi connectivity index (χ0) is 24.6. The summed E-state index contributed by atoms with van der Waals surface area (Å²) in [5, 5.41) is 4.25. The van der Waals surface area contributed by atoms with Gasteiger partial charge in [-0.2, -0.15) is 0 Å².